The van der Waals surface area contributed by atoms with Gasteiger partial charge >= 0.3 is 0 Å². The normalized spacial score (nSPS) is 13.9. The molecule has 178 valence electrons. The lowest BCUT2D eigenvalue weighted by Crippen LogP contribution is -2.41. The van der Waals surface area contributed by atoms with E-state index in [2.05, 4.69) is 17.4 Å². The molecule has 3 aromatic rings. The molecule has 0 heterocycles. The van der Waals surface area contributed by atoms with Gasteiger partial charge in [-0.15, -0.1) is 0 Å². The van der Waals surface area contributed by atoms with Crippen LogP contribution in [0.25, 0.3) is 0 Å². The van der Waals surface area contributed by atoms with E-state index in [1.54, 1.807) is 24.3 Å². The number of anilines is 1. The van der Waals surface area contributed by atoms with Gasteiger partial charge in [-0.3, -0.25) is 9.10 Å². The van der Waals surface area contributed by atoms with Crippen LogP contribution < -0.4 is 9.62 Å². The molecule has 0 fully saturated rings. The van der Waals surface area contributed by atoms with Gasteiger partial charge in [0.15, 0.2) is 0 Å². The lowest BCUT2D eigenvalue weighted by atomic mass is 10.0. The topological polar surface area (TPSA) is 66.5 Å². The summed E-state index contributed by atoms with van der Waals surface area (Å²) in [6.45, 7) is 3.32. The molecular weight excluding hydrogens is 491 g/mol. The van der Waals surface area contributed by atoms with Crippen LogP contribution in [0.5, 0.6) is 0 Å². The number of sulfonamides is 1. The second-order valence-corrected chi connectivity index (χ2v) is 11.2. The Kier molecular flexibility index (Phi) is 7.22. The minimum atomic E-state index is -4.08. The molecule has 8 heteroatoms. The van der Waals surface area contributed by atoms with Gasteiger partial charge in [0.1, 0.15) is 6.54 Å². The third kappa shape index (κ3) is 5.09. The van der Waals surface area contributed by atoms with Crippen molar-refractivity contribution in [2.24, 2.45) is 0 Å². The van der Waals surface area contributed by atoms with Gasteiger partial charge in [0.2, 0.25) is 5.91 Å². The van der Waals surface area contributed by atoms with Crippen LogP contribution in [0.3, 0.4) is 0 Å². The van der Waals surface area contributed by atoms with Crippen LogP contribution >= 0.6 is 23.2 Å². The van der Waals surface area contributed by atoms with Gasteiger partial charge in [-0.1, -0.05) is 65.2 Å². The number of rotatable bonds is 7. The minimum absolute atomic E-state index is 0.0635. The molecule has 3 aromatic carbocycles. The van der Waals surface area contributed by atoms with E-state index in [9.17, 15) is 13.2 Å². The van der Waals surface area contributed by atoms with Gasteiger partial charge in [0.25, 0.3) is 10.0 Å². The molecule has 0 aliphatic heterocycles. The maximum absolute atomic E-state index is 13.6. The lowest BCUT2D eigenvalue weighted by molar-refractivity contribution is -0.120. The average Bonchev–Trinajstić information content (AvgIpc) is 3.28. The standard InChI is InChI=1S/C26H26Cl2N2O3S/c1-17-9-13-22(14-10-17)34(32,33)30(24-8-4-7-23(27)26(24)28)16-25(31)29-18(2)20-12-11-19-5-3-6-21(19)15-20/h4,7-15,18H,3,5-6,16H2,1-2H3,(H,29,31). The molecule has 5 nitrogen and oxygen atoms in total. The molecule has 1 atom stereocenters. The van der Waals surface area contributed by atoms with Crippen LogP contribution in [-0.2, 0) is 27.7 Å². The summed E-state index contributed by atoms with van der Waals surface area (Å²) in [4.78, 5) is 13.1. The maximum Gasteiger partial charge on any atom is 0.264 e. The highest BCUT2D eigenvalue weighted by molar-refractivity contribution is 7.92. The highest BCUT2D eigenvalue weighted by Crippen LogP contribution is 2.35. The Labute approximate surface area is 210 Å². The lowest BCUT2D eigenvalue weighted by Gasteiger charge is -2.26. The number of hydrogen-bond acceptors (Lipinski definition) is 3. The first-order valence-corrected chi connectivity index (χ1v) is 13.3. The van der Waals surface area contributed by atoms with Crippen molar-refractivity contribution in [3.63, 3.8) is 0 Å². The number of nitrogens with zero attached hydrogens (tertiary/aromatic N) is 1. The van der Waals surface area contributed by atoms with Crippen molar-refractivity contribution >= 4 is 44.8 Å². The van der Waals surface area contributed by atoms with Crippen LogP contribution in [0.2, 0.25) is 10.0 Å². The molecule has 0 bridgehead atoms. The number of benzene rings is 3. The zero-order valence-corrected chi connectivity index (χ0v) is 21.3. The van der Waals surface area contributed by atoms with E-state index in [0.717, 1.165) is 34.7 Å². The monoisotopic (exact) mass is 516 g/mol. The Hall–Kier alpha value is -2.54. The Morgan fingerprint density at radius 2 is 1.74 bits per heavy atom. The van der Waals surface area contributed by atoms with Crippen molar-refractivity contribution in [1.82, 2.24) is 5.32 Å². The van der Waals surface area contributed by atoms with E-state index < -0.39 is 22.5 Å². The van der Waals surface area contributed by atoms with Gasteiger partial charge in [-0.25, -0.2) is 8.42 Å². The van der Waals surface area contributed by atoms with Crippen molar-refractivity contribution in [3.05, 3.63) is 93.0 Å². The summed E-state index contributed by atoms with van der Waals surface area (Å²) in [5.74, 6) is -0.445. The fourth-order valence-corrected chi connectivity index (χ4v) is 6.06. The number of hydrogen-bond donors (Lipinski definition) is 1. The number of carbonyl (C=O) groups excluding carboxylic acids is 1. The van der Waals surface area contributed by atoms with Gasteiger partial charge in [-0.2, -0.15) is 0 Å². The highest BCUT2D eigenvalue weighted by atomic mass is 35.5. The fourth-order valence-electron chi connectivity index (χ4n) is 4.18. The van der Waals surface area contributed by atoms with Gasteiger partial charge in [0.05, 0.1) is 26.7 Å². The van der Waals surface area contributed by atoms with E-state index in [1.807, 2.05) is 19.9 Å². The molecule has 0 saturated carbocycles. The third-order valence-corrected chi connectivity index (χ3v) is 8.68. The van der Waals surface area contributed by atoms with Crippen molar-refractivity contribution < 1.29 is 13.2 Å². The fraction of sp³-hybridized carbons (Fsp3) is 0.269. The first-order valence-electron chi connectivity index (χ1n) is 11.1. The molecular formula is C26H26Cl2N2O3S. The predicted octanol–water partition coefficient (Wildman–Crippen LogP) is 5.86. The summed E-state index contributed by atoms with van der Waals surface area (Å²) in [7, 11) is -4.08. The zero-order chi connectivity index (χ0) is 24.5. The summed E-state index contributed by atoms with van der Waals surface area (Å²) in [5.41, 5.74) is 4.73. The van der Waals surface area contributed by atoms with Crippen LogP contribution in [0.1, 0.15) is 41.6 Å². The van der Waals surface area contributed by atoms with Crippen molar-refractivity contribution in [3.8, 4) is 0 Å². The first-order chi connectivity index (χ1) is 16.2. The van der Waals surface area contributed by atoms with Crippen molar-refractivity contribution in [2.45, 2.75) is 44.0 Å². The van der Waals surface area contributed by atoms with E-state index in [0.29, 0.717) is 0 Å². The number of amides is 1. The number of halogens is 2. The molecule has 0 radical (unpaired) electrons. The summed E-state index contributed by atoms with van der Waals surface area (Å²) in [6.07, 6.45) is 3.27. The SMILES string of the molecule is Cc1ccc(S(=O)(=O)N(CC(=O)NC(C)c2ccc3c(c2)CCC3)c2cccc(Cl)c2Cl)cc1. The van der Waals surface area contributed by atoms with Crippen LogP contribution in [-0.4, -0.2) is 20.9 Å². The molecule has 4 rings (SSSR count). The maximum atomic E-state index is 13.6. The van der Waals surface area contributed by atoms with E-state index in [1.165, 1.54) is 29.3 Å². The van der Waals surface area contributed by atoms with Gasteiger partial charge in [-0.05, 0) is 74.1 Å². The number of nitrogens with one attached hydrogen (secondary N) is 1. The average molecular weight is 517 g/mol. The quantitative estimate of drug-likeness (QED) is 0.427. The molecule has 0 saturated heterocycles. The van der Waals surface area contributed by atoms with E-state index in [-0.39, 0.29) is 26.7 Å². The summed E-state index contributed by atoms with van der Waals surface area (Å²) >= 11 is 12.5. The predicted molar refractivity (Wildman–Crippen MR) is 137 cm³/mol. The van der Waals surface area contributed by atoms with E-state index in [4.69, 9.17) is 23.2 Å². The largest absolute Gasteiger partial charge is 0.348 e. The first kappa shape index (κ1) is 24.6. The summed E-state index contributed by atoms with van der Waals surface area (Å²) in [6, 6.07) is 17.1. The van der Waals surface area contributed by atoms with Crippen LogP contribution in [0.15, 0.2) is 65.6 Å². The van der Waals surface area contributed by atoms with Gasteiger partial charge < -0.3 is 5.32 Å². The van der Waals surface area contributed by atoms with E-state index >= 15 is 0 Å². The Morgan fingerprint density at radius 3 is 2.47 bits per heavy atom. The Morgan fingerprint density at radius 1 is 1.03 bits per heavy atom. The molecule has 1 N–H and O–H groups in total. The molecule has 1 aliphatic rings. The zero-order valence-electron chi connectivity index (χ0n) is 19.0. The van der Waals surface area contributed by atoms with Crippen LogP contribution in [0.4, 0.5) is 5.69 Å². The number of carbonyl (C=O) groups is 1. The smallest absolute Gasteiger partial charge is 0.264 e. The number of aryl methyl sites for hydroxylation is 3. The van der Waals surface area contributed by atoms with Gasteiger partial charge in [0, 0.05) is 0 Å². The second kappa shape index (κ2) is 9.98. The molecule has 0 aromatic heterocycles. The molecule has 34 heavy (non-hydrogen) atoms. The molecule has 1 unspecified atom stereocenters. The third-order valence-electron chi connectivity index (χ3n) is 6.10. The Balaban J connectivity index is 1.62. The highest BCUT2D eigenvalue weighted by Gasteiger charge is 2.30. The van der Waals surface area contributed by atoms with Crippen molar-refractivity contribution in [1.29, 1.82) is 0 Å². The molecule has 1 amide bonds. The molecule has 0 spiro atoms. The molecule has 1 aliphatic carbocycles. The number of fused-ring (bicyclic) bond motifs is 1. The Bertz CT molecular complexity index is 1320. The van der Waals surface area contributed by atoms with Crippen LogP contribution in [0, 0.1) is 6.92 Å². The summed E-state index contributed by atoms with van der Waals surface area (Å²) in [5, 5.41) is 3.21. The summed E-state index contributed by atoms with van der Waals surface area (Å²) < 4.78 is 28.2. The second-order valence-electron chi connectivity index (χ2n) is 8.57. The minimum Gasteiger partial charge on any atom is -0.348 e. The van der Waals surface area contributed by atoms with Crippen molar-refractivity contribution in [2.75, 3.05) is 10.8 Å².